The second-order valence-electron chi connectivity index (χ2n) is 14.5. The summed E-state index contributed by atoms with van der Waals surface area (Å²) in [4.78, 5) is 4.82. The summed E-state index contributed by atoms with van der Waals surface area (Å²) in [5.41, 5.74) is 16.4. The summed E-state index contributed by atoms with van der Waals surface area (Å²) in [6.45, 7) is 10.9. The zero-order valence-electron chi connectivity index (χ0n) is 30.4. The number of aryl methyl sites for hydroxylation is 4. The zero-order valence-corrected chi connectivity index (χ0v) is 30.4. The molecule has 0 bridgehead atoms. The first-order valence-electron chi connectivity index (χ1n) is 18.4. The first-order valence-corrected chi connectivity index (χ1v) is 18.4. The van der Waals surface area contributed by atoms with Gasteiger partial charge in [0.05, 0.1) is 0 Å². The van der Waals surface area contributed by atoms with Crippen molar-refractivity contribution < 1.29 is 0 Å². The van der Waals surface area contributed by atoms with Crippen LogP contribution in [0.1, 0.15) is 78.8 Å². The molecule has 5 aromatic rings. The third-order valence-corrected chi connectivity index (χ3v) is 10.8. The van der Waals surface area contributed by atoms with Crippen molar-refractivity contribution in [3.63, 3.8) is 0 Å². The van der Waals surface area contributed by atoms with Crippen molar-refractivity contribution in [3.8, 4) is 0 Å². The van der Waals surface area contributed by atoms with E-state index in [4.69, 9.17) is 0 Å². The summed E-state index contributed by atoms with van der Waals surface area (Å²) in [5, 5.41) is 0. The summed E-state index contributed by atoms with van der Waals surface area (Å²) >= 11 is 0. The normalized spacial score (nSPS) is 15.5. The van der Waals surface area contributed by atoms with Gasteiger partial charge >= 0.3 is 0 Å². The van der Waals surface area contributed by atoms with Crippen molar-refractivity contribution in [2.24, 2.45) is 0 Å². The molecule has 0 N–H and O–H groups in total. The minimum atomic E-state index is -0.00414. The highest BCUT2D eigenvalue weighted by Gasteiger charge is 2.36. The second kappa shape index (κ2) is 14.4. The third kappa shape index (κ3) is 6.85. The molecule has 0 radical (unpaired) electrons. The fourth-order valence-electron chi connectivity index (χ4n) is 7.87. The van der Waals surface area contributed by atoms with E-state index in [9.17, 15) is 0 Å². The van der Waals surface area contributed by atoms with E-state index in [1.165, 1.54) is 105 Å². The van der Waals surface area contributed by atoms with Crippen LogP contribution < -0.4 is 9.80 Å². The molecule has 5 aromatic carbocycles. The van der Waals surface area contributed by atoms with Gasteiger partial charge in [-0.25, -0.2) is 0 Å². The van der Waals surface area contributed by atoms with Gasteiger partial charge in [-0.2, -0.15) is 0 Å². The lowest BCUT2D eigenvalue weighted by Crippen LogP contribution is -2.31. The van der Waals surface area contributed by atoms with Gasteiger partial charge in [-0.05, 0) is 131 Å². The maximum absolute atomic E-state index is 2.49. The molecule has 50 heavy (non-hydrogen) atoms. The van der Waals surface area contributed by atoms with E-state index in [0.717, 1.165) is 6.42 Å². The Labute approximate surface area is 300 Å². The summed E-state index contributed by atoms with van der Waals surface area (Å²) < 4.78 is 0. The van der Waals surface area contributed by atoms with Gasteiger partial charge in [0.25, 0.3) is 0 Å². The number of anilines is 5. The molecule has 0 aromatic heterocycles. The van der Waals surface area contributed by atoms with Gasteiger partial charge in [0, 0.05) is 39.5 Å². The lowest BCUT2D eigenvalue weighted by Gasteiger charge is -2.40. The molecule has 252 valence electrons. The van der Waals surface area contributed by atoms with Crippen LogP contribution in [0.3, 0.4) is 0 Å². The van der Waals surface area contributed by atoms with E-state index in [0.29, 0.717) is 0 Å². The van der Waals surface area contributed by atoms with Gasteiger partial charge in [-0.3, -0.25) is 0 Å². The van der Waals surface area contributed by atoms with E-state index in [2.05, 4.69) is 184 Å². The molecule has 2 aliphatic rings. The van der Waals surface area contributed by atoms with Crippen molar-refractivity contribution in [1.29, 1.82) is 0 Å². The third-order valence-electron chi connectivity index (χ3n) is 10.8. The molecule has 0 aliphatic heterocycles. The van der Waals surface area contributed by atoms with Crippen molar-refractivity contribution in [2.75, 3.05) is 9.80 Å². The highest BCUT2D eigenvalue weighted by Crippen LogP contribution is 2.47. The van der Waals surface area contributed by atoms with Gasteiger partial charge in [-0.15, -0.1) is 0 Å². The number of nitrogens with zero attached hydrogens (tertiary/aromatic N) is 2. The number of allylic oxidation sites excluding steroid dienone is 5. The predicted molar refractivity (Wildman–Crippen MR) is 215 cm³/mol. The molecule has 0 saturated heterocycles. The average molecular weight is 655 g/mol. The molecule has 1 fully saturated rings. The van der Waals surface area contributed by atoms with E-state index in [1.54, 1.807) is 0 Å². The maximum Gasteiger partial charge on any atom is 0.0490 e. The van der Waals surface area contributed by atoms with Crippen molar-refractivity contribution in [2.45, 2.75) is 78.6 Å². The Bertz CT molecular complexity index is 1970. The number of rotatable bonds is 8. The SMILES string of the molecule is CC1=CCC=C(N(c2ccc(C)cc2)c2ccc(C3(c4ccc(N(c5ccc(C)cc5)c5ccc(C)cc5)cc4)CCCCC3)cc2C)C=C1. The van der Waals surface area contributed by atoms with E-state index in [-0.39, 0.29) is 5.41 Å². The fraction of sp³-hybridized carbons (Fsp3) is 0.250. The van der Waals surface area contributed by atoms with Gasteiger partial charge in [0.1, 0.15) is 0 Å². The fourth-order valence-corrected chi connectivity index (χ4v) is 7.87. The topological polar surface area (TPSA) is 6.48 Å². The molecule has 2 nitrogen and oxygen atoms in total. The highest BCUT2D eigenvalue weighted by atomic mass is 15.2. The average Bonchev–Trinajstić information content (AvgIpc) is 3.36. The Morgan fingerprint density at radius 1 is 0.460 bits per heavy atom. The highest BCUT2D eigenvalue weighted by molar-refractivity contribution is 5.77. The molecule has 2 heteroatoms. The molecule has 0 spiro atoms. The molecule has 2 aliphatic carbocycles. The maximum atomic E-state index is 2.49. The monoisotopic (exact) mass is 654 g/mol. The molecule has 0 unspecified atom stereocenters. The zero-order chi connectivity index (χ0) is 34.7. The Balaban J connectivity index is 1.27. The summed E-state index contributed by atoms with van der Waals surface area (Å²) in [6, 6.07) is 43.5. The van der Waals surface area contributed by atoms with Gasteiger partial charge in [-0.1, -0.05) is 120 Å². The van der Waals surface area contributed by atoms with Crippen LogP contribution in [0.2, 0.25) is 0 Å². The largest absolute Gasteiger partial charge is 0.311 e. The van der Waals surface area contributed by atoms with E-state index < -0.39 is 0 Å². The van der Waals surface area contributed by atoms with Crippen LogP contribution in [-0.2, 0) is 5.41 Å². The smallest absolute Gasteiger partial charge is 0.0490 e. The van der Waals surface area contributed by atoms with Crippen LogP contribution in [0, 0.1) is 27.7 Å². The van der Waals surface area contributed by atoms with Gasteiger partial charge < -0.3 is 9.80 Å². The summed E-state index contributed by atoms with van der Waals surface area (Å²) in [7, 11) is 0. The molecule has 7 rings (SSSR count). The van der Waals surface area contributed by atoms with Crippen LogP contribution in [0.5, 0.6) is 0 Å². The predicted octanol–water partition coefficient (Wildman–Crippen LogP) is 13.6. The molecule has 0 heterocycles. The summed E-state index contributed by atoms with van der Waals surface area (Å²) in [6.07, 6.45) is 16.2. The van der Waals surface area contributed by atoms with Crippen LogP contribution in [0.4, 0.5) is 28.4 Å². The standard InChI is InChI=1S/C48H50N2/c1-35-10-9-11-42(22-12-35)50(46-27-17-38(4)18-28-46)47-31-21-41(34-39(47)5)48(32-7-6-8-33-48)40-19-29-45(30-20-40)49(43-23-13-36(2)14-24-43)44-25-15-37(3)16-26-44/h10-31,34H,6-9,32-33H2,1-5H3. The van der Waals surface area contributed by atoms with Gasteiger partial charge in [0.2, 0.25) is 0 Å². The van der Waals surface area contributed by atoms with Crippen LogP contribution in [-0.4, -0.2) is 0 Å². The minimum Gasteiger partial charge on any atom is -0.311 e. The Hall–Kier alpha value is -5.08. The Kier molecular flexibility index (Phi) is 9.63. The van der Waals surface area contributed by atoms with Crippen LogP contribution in [0.15, 0.2) is 151 Å². The lowest BCUT2D eigenvalue weighted by molar-refractivity contribution is 0.346. The number of benzene rings is 5. The van der Waals surface area contributed by atoms with Crippen molar-refractivity contribution in [3.05, 3.63) is 184 Å². The lowest BCUT2D eigenvalue weighted by atomic mass is 9.65. The molecule has 0 atom stereocenters. The minimum absolute atomic E-state index is 0.00414. The van der Waals surface area contributed by atoms with Crippen molar-refractivity contribution >= 4 is 28.4 Å². The Morgan fingerprint density at radius 2 is 0.940 bits per heavy atom. The van der Waals surface area contributed by atoms with E-state index in [1.807, 2.05) is 0 Å². The number of hydrogen-bond acceptors (Lipinski definition) is 2. The summed E-state index contributed by atoms with van der Waals surface area (Å²) in [5.74, 6) is 0. The molecule has 0 amide bonds. The van der Waals surface area contributed by atoms with Gasteiger partial charge in [0.15, 0.2) is 0 Å². The van der Waals surface area contributed by atoms with Crippen LogP contribution >= 0.6 is 0 Å². The first kappa shape index (κ1) is 33.4. The second-order valence-corrected chi connectivity index (χ2v) is 14.5. The molecular weight excluding hydrogens is 605 g/mol. The Morgan fingerprint density at radius 3 is 1.46 bits per heavy atom. The van der Waals surface area contributed by atoms with E-state index >= 15 is 0 Å². The first-order chi connectivity index (χ1) is 24.3. The van der Waals surface area contributed by atoms with Crippen LogP contribution in [0.25, 0.3) is 0 Å². The molecular formula is C48H50N2. The van der Waals surface area contributed by atoms with Crippen molar-refractivity contribution in [1.82, 2.24) is 0 Å². The molecule has 1 saturated carbocycles. The number of hydrogen-bond donors (Lipinski definition) is 0. The quantitative estimate of drug-likeness (QED) is 0.164.